The van der Waals surface area contributed by atoms with Crippen LogP contribution in [0.5, 0.6) is 0 Å². The second-order valence-electron chi connectivity index (χ2n) is 6.67. The number of pyridine rings is 2. The molecule has 0 unspecified atom stereocenters. The number of para-hydroxylation sites is 1. The summed E-state index contributed by atoms with van der Waals surface area (Å²) in [5, 5.41) is 10.2. The van der Waals surface area contributed by atoms with Crippen molar-refractivity contribution in [1.29, 1.82) is 0 Å². The van der Waals surface area contributed by atoms with E-state index < -0.39 is 0 Å². The van der Waals surface area contributed by atoms with E-state index in [2.05, 4.69) is 4.90 Å². The van der Waals surface area contributed by atoms with Crippen LogP contribution in [0.15, 0.2) is 41.2 Å². The molecule has 1 atom stereocenters. The number of benzene rings is 1. The molecular formula is C19H18N4O2S. The minimum atomic E-state index is -0.175. The largest absolute Gasteiger partial charge is 0.394 e. The van der Waals surface area contributed by atoms with Gasteiger partial charge < -0.3 is 15.7 Å². The smallest absolute Gasteiger partial charge is 0.215 e. The molecule has 3 N–H and O–H groups in total. The Hall–Kier alpha value is -2.64. The van der Waals surface area contributed by atoms with E-state index in [9.17, 15) is 9.90 Å². The first-order valence-electron chi connectivity index (χ1n) is 8.69. The van der Waals surface area contributed by atoms with Crippen LogP contribution in [0.2, 0.25) is 0 Å². The molecule has 1 saturated heterocycles. The van der Waals surface area contributed by atoms with Gasteiger partial charge in [0.2, 0.25) is 5.43 Å². The maximum atomic E-state index is 12.7. The Morgan fingerprint density at radius 1 is 1.27 bits per heavy atom. The number of aliphatic hydroxyl groups is 1. The second kappa shape index (κ2) is 5.69. The minimum Gasteiger partial charge on any atom is -0.394 e. The number of thiazole rings is 1. The van der Waals surface area contributed by atoms with Crippen molar-refractivity contribution in [2.75, 3.05) is 23.8 Å². The van der Waals surface area contributed by atoms with Gasteiger partial charge in [0.05, 0.1) is 28.3 Å². The fraction of sp³-hybridized carbons (Fsp3) is 0.263. The highest BCUT2D eigenvalue weighted by Crippen LogP contribution is 2.32. The van der Waals surface area contributed by atoms with E-state index in [4.69, 9.17) is 10.7 Å². The average Bonchev–Trinajstić information content (AvgIpc) is 3.30. The van der Waals surface area contributed by atoms with Crippen LogP contribution in [0, 0.1) is 0 Å². The number of hydrogen-bond donors (Lipinski definition) is 2. The summed E-state index contributed by atoms with van der Waals surface area (Å²) in [6, 6.07) is 11.7. The average molecular weight is 366 g/mol. The van der Waals surface area contributed by atoms with E-state index in [1.165, 1.54) is 11.3 Å². The maximum Gasteiger partial charge on any atom is 0.215 e. The van der Waals surface area contributed by atoms with Crippen LogP contribution in [-0.2, 0) is 0 Å². The summed E-state index contributed by atoms with van der Waals surface area (Å²) in [5.74, 6) is 0.794. The Balaban J connectivity index is 1.88. The highest BCUT2D eigenvalue weighted by molar-refractivity contribution is 7.24. The summed E-state index contributed by atoms with van der Waals surface area (Å²) in [6.07, 6.45) is 1.98. The van der Waals surface area contributed by atoms with Crippen molar-refractivity contribution in [3.8, 4) is 0 Å². The minimum absolute atomic E-state index is 0.0835. The molecule has 132 valence electrons. The molecule has 0 saturated carbocycles. The number of fused-ring (bicyclic) bond motifs is 5. The molecule has 3 aromatic heterocycles. The van der Waals surface area contributed by atoms with Gasteiger partial charge in [0.25, 0.3) is 0 Å². The second-order valence-corrected chi connectivity index (χ2v) is 7.70. The number of nitrogen functional groups attached to an aromatic ring is 1. The molecule has 0 bridgehead atoms. The summed E-state index contributed by atoms with van der Waals surface area (Å²) in [6.45, 7) is 0.972. The molecule has 0 amide bonds. The van der Waals surface area contributed by atoms with Crippen molar-refractivity contribution in [3.05, 3.63) is 46.6 Å². The Morgan fingerprint density at radius 3 is 2.96 bits per heavy atom. The molecule has 1 aromatic carbocycles. The molecule has 1 fully saturated rings. The zero-order valence-corrected chi connectivity index (χ0v) is 14.9. The number of rotatable bonds is 2. The molecule has 4 heterocycles. The molecule has 6 nitrogen and oxygen atoms in total. The van der Waals surface area contributed by atoms with Crippen LogP contribution in [0.3, 0.4) is 0 Å². The predicted molar refractivity (Wildman–Crippen MR) is 106 cm³/mol. The van der Waals surface area contributed by atoms with E-state index in [1.807, 2.05) is 40.8 Å². The first kappa shape index (κ1) is 15.6. The van der Waals surface area contributed by atoms with Crippen molar-refractivity contribution in [1.82, 2.24) is 9.38 Å². The summed E-state index contributed by atoms with van der Waals surface area (Å²) in [4.78, 5) is 20.4. The van der Waals surface area contributed by atoms with Crippen molar-refractivity contribution in [2.45, 2.75) is 18.9 Å². The predicted octanol–water partition coefficient (Wildman–Crippen LogP) is 2.61. The van der Waals surface area contributed by atoms with E-state index in [0.29, 0.717) is 11.0 Å². The van der Waals surface area contributed by atoms with Gasteiger partial charge in [0.1, 0.15) is 16.3 Å². The van der Waals surface area contributed by atoms with E-state index in [0.717, 1.165) is 40.3 Å². The summed E-state index contributed by atoms with van der Waals surface area (Å²) < 4.78 is 3.05. The van der Waals surface area contributed by atoms with Gasteiger partial charge in [-0.15, -0.1) is 11.3 Å². The quantitative estimate of drug-likeness (QED) is 0.570. The van der Waals surface area contributed by atoms with Crippen LogP contribution in [0.1, 0.15) is 12.8 Å². The molecule has 1 aliphatic rings. The highest BCUT2D eigenvalue weighted by atomic mass is 32.1. The maximum absolute atomic E-state index is 12.7. The van der Waals surface area contributed by atoms with Crippen molar-refractivity contribution >= 4 is 48.9 Å². The van der Waals surface area contributed by atoms with Crippen molar-refractivity contribution < 1.29 is 5.11 Å². The summed E-state index contributed by atoms with van der Waals surface area (Å²) in [7, 11) is 0. The molecular weight excluding hydrogens is 348 g/mol. The lowest BCUT2D eigenvalue weighted by Crippen LogP contribution is -2.32. The number of nitrogens with zero attached hydrogens (tertiary/aromatic N) is 3. The van der Waals surface area contributed by atoms with Gasteiger partial charge in [-0.1, -0.05) is 12.1 Å². The lowest BCUT2D eigenvalue weighted by molar-refractivity contribution is 0.266. The van der Waals surface area contributed by atoms with Crippen LogP contribution in [0.4, 0.5) is 11.5 Å². The zero-order valence-electron chi connectivity index (χ0n) is 14.1. The number of aromatic nitrogens is 2. The highest BCUT2D eigenvalue weighted by Gasteiger charge is 2.26. The molecule has 0 aliphatic carbocycles. The third kappa shape index (κ3) is 2.07. The fourth-order valence-corrected chi connectivity index (χ4v) is 4.99. The molecule has 7 heteroatoms. The standard InChI is InChI=1S/C19H18N4O2S/c20-16-17(25)12-7-8-15(22-9-3-4-11(22)10-24)21-18(12)23-13-5-1-2-6-14(13)26-19(16)23/h1-2,5-8,11,24H,3-4,9-10,20H2/t11-/m1/s1. The third-order valence-corrected chi connectivity index (χ3v) is 6.35. The SMILES string of the molecule is Nc1c(=O)c2ccc(N3CCC[C@@H]3CO)nc2n2c1sc1ccccc12. The van der Waals surface area contributed by atoms with Gasteiger partial charge in [-0.05, 0) is 37.1 Å². The van der Waals surface area contributed by atoms with E-state index in [-0.39, 0.29) is 23.8 Å². The Kier molecular flexibility index (Phi) is 3.41. The van der Waals surface area contributed by atoms with Gasteiger partial charge in [-0.2, -0.15) is 0 Å². The monoisotopic (exact) mass is 366 g/mol. The van der Waals surface area contributed by atoms with Gasteiger partial charge in [0, 0.05) is 6.54 Å². The van der Waals surface area contributed by atoms with Crippen LogP contribution in [-0.4, -0.2) is 33.7 Å². The van der Waals surface area contributed by atoms with E-state index in [1.54, 1.807) is 0 Å². The Labute approximate surface area is 153 Å². The molecule has 4 aromatic rings. The fourth-order valence-electron chi connectivity index (χ4n) is 3.89. The molecule has 26 heavy (non-hydrogen) atoms. The molecule has 1 aliphatic heterocycles. The molecule has 5 rings (SSSR count). The zero-order chi connectivity index (χ0) is 17.8. The summed E-state index contributed by atoms with van der Waals surface area (Å²) in [5.41, 5.74) is 7.87. The summed E-state index contributed by atoms with van der Waals surface area (Å²) >= 11 is 1.50. The van der Waals surface area contributed by atoms with Crippen LogP contribution >= 0.6 is 11.3 Å². The van der Waals surface area contributed by atoms with Crippen molar-refractivity contribution in [3.63, 3.8) is 0 Å². The first-order valence-corrected chi connectivity index (χ1v) is 9.50. The first-order chi connectivity index (χ1) is 12.7. The molecule has 0 spiro atoms. The topological polar surface area (TPSA) is 83.9 Å². The lowest BCUT2D eigenvalue weighted by Gasteiger charge is -2.24. The van der Waals surface area contributed by atoms with Crippen LogP contribution in [0.25, 0.3) is 26.1 Å². The number of aliphatic hydroxyl groups excluding tert-OH is 1. The number of anilines is 2. The van der Waals surface area contributed by atoms with Gasteiger partial charge in [0.15, 0.2) is 5.65 Å². The Bertz CT molecular complexity index is 1210. The lowest BCUT2D eigenvalue weighted by atomic mass is 10.2. The number of nitrogens with two attached hydrogens (primary N) is 1. The third-order valence-electron chi connectivity index (χ3n) is 5.19. The normalized spacial score (nSPS) is 17.7. The van der Waals surface area contributed by atoms with Crippen molar-refractivity contribution in [2.24, 2.45) is 0 Å². The van der Waals surface area contributed by atoms with Gasteiger partial charge in [-0.3, -0.25) is 9.20 Å². The number of hydrogen-bond acceptors (Lipinski definition) is 6. The van der Waals surface area contributed by atoms with Gasteiger partial charge in [-0.25, -0.2) is 4.98 Å². The van der Waals surface area contributed by atoms with Crippen LogP contribution < -0.4 is 16.1 Å². The van der Waals surface area contributed by atoms with E-state index >= 15 is 0 Å². The molecule has 0 radical (unpaired) electrons. The van der Waals surface area contributed by atoms with Gasteiger partial charge >= 0.3 is 0 Å². The Morgan fingerprint density at radius 2 is 2.12 bits per heavy atom.